The maximum absolute atomic E-state index is 10.1. The molecule has 2 heterocycles. The highest BCUT2D eigenvalue weighted by atomic mass is 16.3. The molecule has 1 atom stereocenters. The number of phenols is 1. The molecule has 1 N–H and O–H groups in total. The van der Waals surface area contributed by atoms with Crippen LogP contribution in [0.4, 0.5) is 5.69 Å². The fourth-order valence-electron chi connectivity index (χ4n) is 6.58. The lowest BCUT2D eigenvalue weighted by atomic mass is 9.97. The van der Waals surface area contributed by atoms with Gasteiger partial charge in [0.25, 0.3) is 0 Å². The van der Waals surface area contributed by atoms with Crippen molar-refractivity contribution in [3.63, 3.8) is 0 Å². The van der Waals surface area contributed by atoms with Gasteiger partial charge in [0.1, 0.15) is 5.75 Å². The monoisotopic (exact) mass is 620 g/mol. The maximum atomic E-state index is 10.1. The molecule has 0 unspecified atom stereocenters. The van der Waals surface area contributed by atoms with Gasteiger partial charge in [0, 0.05) is 41.8 Å². The van der Waals surface area contributed by atoms with Gasteiger partial charge in [-0.15, -0.1) is 0 Å². The van der Waals surface area contributed by atoms with Crippen molar-refractivity contribution in [1.82, 2.24) is 0 Å². The second-order valence-electron chi connectivity index (χ2n) is 12.0. The Kier molecular flexibility index (Phi) is 7.81. The molecule has 0 saturated heterocycles. The molecule has 0 saturated carbocycles. The number of benzene rings is 6. The molecule has 8 rings (SSSR count). The highest BCUT2D eigenvalue weighted by Gasteiger charge is 2.30. The van der Waals surface area contributed by atoms with Crippen LogP contribution in [0.5, 0.6) is 5.75 Å². The van der Waals surface area contributed by atoms with Crippen LogP contribution in [0.1, 0.15) is 23.6 Å². The van der Waals surface area contributed by atoms with Crippen molar-refractivity contribution in [2.45, 2.75) is 12.5 Å². The SMILES string of the molecule is Oc1ccc(-[n+]2c(-c3ccccc3)cc(-c3ccc(N4N=C(c5ccccc5)C[C@@H]4c4ccccc4)cc3)cc2-c2ccccc2)cc1. The molecule has 4 heteroatoms. The zero-order valence-electron chi connectivity index (χ0n) is 26.4. The Bertz CT molecular complexity index is 2120. The molecule has 48 heavy (non-hydrogen) atoms. The summed E-state index contributed by atoms with van der Waals surface area (Å²) < 4.78 is 2.27. The normalized spacial score (nSPS) is 14.1. The number of hydrogen-bond donors (Lipinski definition) is 1. The minimum Gasteiger partial charge on any atom is -0.508 e. The summed E-state index contributed by atoms with van der Waals surface area (Å²) in [5.41, 5.74) is 12.1. The van der Waals surface area contributed by atoms with Gasteiger partial charge in [0.05, 0.1) is 17.4 Å². The maximum Gasteiger partial charge on any atom is 0.219 e. The Labute approximate surface area is 281 Å². The first-order valence-electron chi connectivity index (χ1n) is 16.3. The Morgan fingerprint density at radius 1 is 0.500 bits per heavy atom. The summed E-state index contributed by atoms with van der Waals surface area (Å²) in [7, 11) is 0. The van der Waals surface area contributed by atoms with Crippen molar-refractivity contribution in [2.24, 2.45) is 5.10 Å². The summed E-state index contributed by atoms with van der Waals surface area (Å²) >= 11 is 0. The number of rotatable bonds is 7. The van der Waals surface area contributed by atoms with Crippen LogP contribution >= 0.6 is 0 Å². The molecule has 0 aliphatic carbocycles. The van der Waals surface area contributed by atoms with Crippen LogP contribution in [-0.4, -0.2) is 10.8 Å². The average molecular weight is 621 g/mol. The van der Waals surface area contributed by atoms with E-state index in [0.29, 0.717) is 0 Å². The fraction of sp³-hybridized carbons (Fsp3) is 0.0455. The van der Waals surface area contributed by atoms with Crippen LogP contribution in [0.15, 0.2) is 187 Å². The largest absolute Gasteiger partial charge is 0.508 e. The van der Waals surface area contributed by atoms with E-state index in [2.05, 4.69) is 149 Å². The Hall–Kier alpha value is -6.26. The molecule has 0 amide bonds. The van der Waals surface area contributed by atoms with Gasteiger partial charge in [-0.25, -0.2) is 0 Å². The summed E-state index contributed by atoms with van der Waals surface area (Å²) in [5.74, 6) is 0.242. The Morgan fingerprint density at radius 3 is 1.54 bits per heavy atom. The van der Waals surface area contributed by atoms with Gasteiger partial charge in [-0.1, -0.05) is 109 Å². The lowest BCUT2D eigenvalue weighted by molar-refractivity contribution is -0.572. The van der Waals surface area contributed by atoms with E-state index in [-0.39, 0.29) is 11.8 Å². The van der Waals surface area contributed by atoms with Crippen molar-refractivity contribution in [1.29, 1.82) is 0 Å². The average Bonchev–Trinajstić information content (AvgIpc) is 3.62. The second kappa shape index (κ2) is 12.9. The van der Waals surface area contributed by atoms with Crippen LogP contribution in [0.2, 0.25) is 0 Å². The van der Waals surface area contributed by atoms with Gasteiger partial charge in [-0.3, -0.25) is 5.01 Å². The topological polar surface area (TPSA) is 39.7 Å². The molecule has 7 aromatic rings. The lowest BCUT2D eigenvalue weighted by Gasteiger charge is -2.24. The summed E-state index contributed by atoms with van der Waals surface area (Å²) in [6.45, 7) is 0. The van der Waals surface area contributed by atoms with Gasteiger partial charge < -0.3 is 5.11 Å². The molecule has 6 aromatic carbocycles. The number of hydrazone groups is 1. The van der Waals surface area contributed by atoms with Crippen LogP contribution < -0.4 is 9.58 Å². The first kappa shape index (κ1) is 29.2. The first-order valence-corrected chi connectivity index (χ1v) is 16.3. The van der Waals surface area contributed by atoms with Gasteiger partial charge in [0.2, 0.25) is 17.1 Å². The van der Waals surface area contributed by atoms with E-state index < -0.39 is 0 Å². The van der Waals surface area contributed by atoms with Crippen LogP contribution in [0.25, 0.3) is 39.3 Å². The predicted octanol–water partition coefficient (Wildman–Crippen LogP) is 10.0. The molecule has 0 radical (unpaired) electrons. The molecule has 0 spiro atoms. The Balaban J connectivity index is 1.25. The fourth-order valence-corrected chi connectivity index (χ4v) is 6.58. The van der Waals surface area contributed by atoms with Crippen molar-refractivity contribution in [2.75, 3.05) is 5.01 Å². The number of nitrogens with zero attached hydrogens (tertiary/aromatic N) is 3. The Morgan fingerprint density at radius 2 is 1.00 bits per heavy atom. The summed E-state index contributed by atoms with van der Waals surface area (Å²) in [5, 5.41) is 17.5. The highest BCUT2D eigenvalue weighted by molar-refractivity contribution is 6.03. The lowest BCUT2D eigenvalue weighted by Crippen LogP contribution is -2.36. The van der Waals surface area contributed by atoms with Crippen LogP contribution in [-0.2, 0) is 0 Å². The highest BCUT2D eigenvalue weighted by Crippen LogP contribution is 2.38. The van der Waals surface area contributed by atoms with Crippen molar-refractivity contribution in [3.05, 3.63) is 193 Å². The van der Waals surface area contributed by atoms with Crippen molar-refractivity contribution < 1.29 is 9.67 Å². The molecule has 4 nitrogen and oxygen atoms in total. The third kappa shape index (κ3) is 5.76. The van der Waals surface area contributed by atoms with E-state index in [0.717, 1.165) is 62.7 Å². The third-order valence-corrected chi connectivity index (χ3v) is 8.98. The van der Waals surface area contributed by atoms with E-state index in [1.807, 2.05) is 30.3 Å². The number of aromatic nitrogens is 1. The summed E-state index contributed by atoms with van der Waals surface area (Å²) in [6, 6.07) is 62.9. The van der Waals surface area contributed by atoms with Crippen molar-refractivity contribution in [3.8, 4) is 45.1 Å². The molecule has 0 fully saturated rings. The van der Waals surface area contributed by atoms with E-state index in [1.165, 1.54) is 5.56 Å². The van der Waals surface area contributed by atoms with E-state index in [1.54, 1.807) is 12.1 Å². The standard InChI is InChI=1S/C44H33N3O/c48-40-27-25-38(26-28-40)46-42(34-15-7-2-8-16-34)29-37(30-43(46)35-17-9-3-10-18-35)32-21-23-39(24-22-32)47-44(36-19-11-4-12-20-36)31-41(45-47)33-13-5-1-6-14-33/h1-30,44H,31H2/p+1/t44-/m1/s1. The van der Waals surface area contributed by atoms with Gasteiger partial charge >= 0.3 is 0 Å². The number of pyridine rings is 1. The molecular weight excluding hydrogens is 587 g/mol. The zero-order chi connectivity index (χ0) is 32.3. The smallest absolute Gasteiger partial charge is 0.219 e. The quantitative estimate of drug-likeness (QED) is 0.180. The van der Waals surface area contributed by atoms with Crippen LogP contribution in [0.3, 0.4) is 0 Å². The molecule has 1 aliphatic heterocycles. The molecular formula is C44H34N3O+. The number of hydrogen-bond acceptors (Lipinski definition) is 3. The number of phenolic OH excluding ortho intramolecular Hbond substituents is 1. The zero-order valence-corrected chi connectivity index (χ0v) is 26.4. The van der Waals surface area contributed by atoms with Gasteiger partial charge in [-0.05, 0) is 70.8 Å². The minimum absolute atomic E-state index is 0.114. The van der Waals surface area contributed by atoms with E-state index >= 15 is 0 Å². The minimum atomic E-state index is 0.114. The van der Waals surface area contributed by atoms with Crippen LogP contribution in [0, 0.1) is 0 Å². The molecule has 0 bridgehead atoms. The molecule has 230 valence electrons. The number of aromatic hydroxyl groups is 1. The third-order valence-electron chi connectivity index (χ3n) is 8.98. The number of anilines is 1. The molecule has 1 aliphatic rings. The predicted molar refractivity (Wildman–Crippen MR) is 195 cm³/mol. The van der Waals surface area contributed by atoms with Gasteiger partial charge in [0.15, 0.2) is 0 Å². The van der Waals surface area contributed by atoms with Crippen molar-refractivity contribution >= 4 is 11.4 Å². The van der Waals surface area contributed by atoms with E-state index in [4.69, 9.17) is 5.10 Å². The summed E-state index contributed by atoms with van der Waals surface area (Å²) in [6.07, 6.45) is 0.840. The molecule has 1 aromatic heterocycles. The van der Waals surface area contributed by atoms with Gasteiger partial charge in [-0.2, -0.15) is 9.67 Å². The van der Waals surface area contributed by atoms with E-state index in [9.17, 15) is 5.11 Å². The first-order chi connectivity index (χ1) is 23.7. The summed E-state index contributed by atoms with van der Waals surface area (Å²) in [4.78, 5) is 0. The second-order valence-corrected chi connectivity index (χ2v) is 12.0.